The minimum absolute atomic E-state index is 0.747. The van der Waals surface area contributed by atoms with Crippen LogP contribution in [0.5, 0.6) is 0 Å². The molecule has 0 N–H and O–H groups in total. The molecule has 1 fully saturated rings. The van der Waals surface area contributed by atoms with Crippen molar-refractivity contribution in [2.24, 2.45) is 0 Å². The number of furan rings is 1. The summed E-state index contributed by atoms with van der Waals surface area (Å²) >= 11 is 0. The first kappa shape index (κ1) is 14.6. The molecule has 1 saturated heterocycles. The topological polar surface area (TPSA) is 19.6 Å². The second-order valence-electron chi connectivity index (χ2n) is 5.94. The molecule has 0 bridgehead atoms. The van der Waals surface area contributed by atoms with E-state index in [9.17, 15) is 0 Å². The predicted molar refractivity (Wildman–Crippen MR) is 79.3 cm³/mol. The van der Waals surface area contributed by atoms with E-state index in [1.54, 1.807) is 0 Å². The average molecular weight is 264 g/mol. The molecule has 0 amide bonds. The lowest BCUT2D eigenvalue weighted by Gasteiger charge is -2.23. The normalized spacial score (nSPS) is 21.8. The van der Waals surface area contributed by atoms with Gasteiger partial charge in [0.05, 0.1) is 6.54 Å². The third-order valence-electron chi connectivity index (χ3n) is 4.11. The van der Waals surface area contributed by atoms with Crippen LogP contribution < -0.4 is 0 Å². The van der Waals surface area contributed by atoms with Crippen molar-refractivity contribution in [1.82, 2.24) is 9.80 Å². The van der Waals surface area contributed by atoms with Gasteiger partial charge in [0.2, 0.25) is 0 Å². The van der Waals surface area contributed by atoms with E-state index < -0.39 is 0 Å². The van der Waals surface area contributed by atoms with Crippen LogP contribution in [0.15, 0.2) is 16.5 Å². The number of nitrogens with zero attached hydrogens (tertiary/aromatic N) is 2. The lowest BCUT2D eigenvalue weighted by atomic mass is 10.1. The van der Waals surface area contributed by atoms with Gasteiger partial charge in [0.25, 0.3) is 0 Å². The van der Waals surface area contributed by atoms with Crippen molar-refractivity contribution >= 4 is 0 Å². The summed E-state index contributed by atoms with van der Waals surface area (Å²) < 4.78 is 5.89. The van der Waals surface area contributed by atoms with Gasteiger partial charge >= 0.3 is 0 Å². The highest BCUT2D eigenvalue weighted by Gasteiger charge is 2.19. The Labute approximate surface area is 117 Å². The van der Waals surface area contributed by atoms with Gasteiger partial charge in [-0.05, 0) is 58.5 Å². The highest BCUT2D eigenvalue weighted by atomic mass is 16.3. The monoisotopic (exact) mass is 264 g/mol. The lowest BCUT2D eigenvalue weighted by Crippen LogP contribution is -2.29. The van der Waals surface area contributed by atoms with E-state index in [1.165, 1.54) is 32.4 Å². The van der Waals surface area contributed by atoms with Crippen molar-refractivity contribution in [3.8, 4) is 0 Å². The maximum Gasteiger partial charge on any atom is 0.118 e. The summed E-state index contributed by atoms with van der Waals surface area (Å²) in [5.41, 5.74) is 0. The van der Waals surface area contributed by atoms with Crippen LogP contribution in [-0.4, -0.2) is 43.0 Å². The molecule has 1 aromatic rings. The van der Waals surface area contributed by atoms with Gasteiger partial charge in [-0.1, -0.05) is 6.92 Å². The summed E-state index contributed by atoms with van der Waals surface area (Å²) in [6, 6.07) is 5.04. The molecular formula is C16H28N2O. The largest absolute Gasteiger partial charge is 0.465 e. The fourth-order valence-corrected chi connectivity index (χ4v) is 2.92. The van der Waals surface area contributed by atoms with Crippen molar-refractivity contribution in [2.75, 3.05) is 27.2 Å². The predicted octanol–water partition coefficient (Wildman–Crippen LogP) is 3.15. The van der Waals surface area contributed by atoms with E-state index >= 15 is 0 Å². The molecule has 0 radical (unpaired) electrons. The van der Waals surface area contributed by atoms with E-state index in [2.05, 4.69) is 43.0 Å². The van der Waals surface area contributed by atoms with Gasteiger partial charge < -0.3 is 9.32 Å². The molecule has 0 spiro atoms. The molecule has 3 nitrogen and oxygen atoms in total. The van der Waals surface area contributed by atoms with Crippen LogP contribution in [0.4, 0.5) is 0 Å². The van der Waals surface area contributed by atoms with E-state index in [0.717, 1.165) is 36.9 Å². The van der Waals surface area contributed by atoms with Crippen molar-refractivity contribution in [1.29, 1.82) is 0 Å². The summed E-state index contributed by atoms with van der Waals surface area (Å²) in [4.78, 5) is 4.91. The molecule has 1 aliphatic rings. The molecule has 1 atom stereocenters. The van der Waals surface area contributed by atoms with Crippen molar-refractivity contribution in [3.05, 3.63) is 23.7 Å². The summed E-state index contributed by atoms with van der Waals surface area (Å²) in [6.07, 6.45) is 6.10. The van der Waals surface area contributed by atoms with Crippen LogP contribution in [0.2, 0.25) is 0 Å². The number of hydrogen-bond donors (Lipinski definition) is 0. The van der Waals surface area contributed by atoms with Crippen LogP contribution in [0.25, 0.3) is 0 Å². The number of aryl methyl sites for hydroxylation is 1. The van der Waals surface area contributed by atoms with Gasteiger partial charge in [-0.3, -0.25) is 4.90 Å². The quantitative estimate of drug-likeness (QED) is 0.814. The molecule has 108 valence electrons. The Morgan fingerprint density at radius 2 is 2.00 bits per heavy atom. The van der Waals surface area contributed by atoms with Crippen molar-refractivity contribution in [3.63, 3.8) is 0 Å². The average Bonchev–Trinajstić information content (AvgIpc) is 2.67. The fraction of sp³-hybridized carbons (Fsp3) is 0.750. The van der Waals surface area contributed by atoms with E-state index in [-0.39, 0.29) is 0 Å². The van der Waals surface area contributed by atoms with Gasteiger partial charge in [0, 0.05) is 19.0 Å². The van der Waals surface area contributed by atoms with E-state index in [0.29, 0.717) is 0 Å². The molecule has 0 unspecified atom stereocenters. The first-order valence-electron chi connectivity index (χ1n) is 7.65. The van der Waals surface area contributed by atoms with Crippen LogP contribution >= 0.6 is 0 Å². The molecule has 19 heavy (non-hydrogen) atoms. The highest BCUT2D eigenvalue weighted by molar-refractivity contribution is 5.07. The van der Waals surface area contributed by atoms with Gasteiger partial charge in [-0.15, -0.1) is 0 Å². The highest BCUT2D eigenvalue weighted by Crippen LogP contribution is 2.18. The molecule has 2 heterocycles. The Hall–Kier alpha value is -0.800. The lowest BCUT2D eigenvalue weighted by molar-refractivity contribution is 0.232. The second-order valence-corrected chi connectivity index (χ2v) is 5.94. The molecular weight excluding hydrogens is 236 g/mol. The van der Waals surface area contributed by atoms with Gasteiger partial charge in [0.1, 0.15) is 11.5 Å². The Bertz CT molecular complexity index is 373. The van der Waals surface area contributed by atoms with Crippen molar-refractivity contribution in [2.45, 2.75) is 51.6 Å². The van der Waals surface area contributed by atoms with E-state index in [1.807, 2.05) is 0 Å². The molecule has 0 aliphatic carbocycles. The van der Waals surface area contributed by atoms with Crippen molar-refractivity contribution < 1.29 is 4.42 Å². The minimum atomic E-state index is 0.747. The maximum absolute atomic E-state index is 5.89. The summed E-state index contributed by atoms with van der Waals surface area (Å²) in [6.45, 7) is 5.56. The Morgan fingerprint density at radius 1 is 1.21 bits per heavy atom. The van der Waals surface area contributed by atoms with Crippen LogP contribution in [0, 0.1) is 0 Å². The second kappa shape index (κ2) is 7.11. The van der Waals surface area contributed by atoms with Gasteiger partial charge in [-0.25, -0.2) is 0 Å². The third kappa shape index (κ3) is 4.36. The van der Waals surface area contributed by atoms with Crippen LogP contribution in [-0.2, 0) is 13.0 Å². The summed E-state index contributed by atoms with van der Waals surface area (Å²) in [5, 5.41) is 0. The Kier molecular flexibility index (Phi) is 5.46. The minimum Gasteiger partial charge on any atom is -0.465 e. The van der Waals surface area contributed by atoms with E-state index in [4.69, 9.17) is 4.42 Å². The molecule has 1 aromatic heterocycles. The first-order valence-corrected chi connectivity index (χ1v) is 7.65. The fourth-order valence-electron chi connectivity index (χ4n) is 2.92. The SMILES string of the molecule is CCCc1ccc(CN2CCC[C@@H](N(C)C)CC2)o1. The molecule has 1 aliphatic heterocycles. The molecule has 0 aromatic carbocycles. The molecule has 2 rings (SSSR count). The zero-order chi connectivity index (χ0) is 13.7. The van der Waals surface area contributed by atoms with Gasteiger partial charge in [0.15, 0.2) is 0 Å². The van der Waals surface area contributed by atoms with Crippen LogP contribution in [0.3, 0.4) is 0 Å². The zero-order valence-electron chi connectivity index (χ0n) is 12.7. The number of hydrogen-bond acceptors (Lipinski definition) is 3. The van der Waals surface area contributed by atoms with Crippen LogP contribution in [0.1, 0.15) is 44.1 Å². The Morgan fingerprint density at radius 3 is 2.74 bits per heavy atom. The smallest absolute Gasteiger partial charge is 0.118 e. The number of likely N-dealkylation sites (tertiary alicyclic amines) is 1. The maximum atomic E-state index is 5.89. The third-order valence-corrected chi connectivity index (χ3v) is 4.11. The number of rotatable bonds is 5. The molecule has 3 heteroatoms. The zero-order valence-corrected chi connectivity index (χ0v) is 12.7. The summed E-state index contributed by atoms with van der Waals surface area (Å²) in [5.74, 6) is 2.27. The molecule has 0 saturated carbocycles. The standard InChI is InChI=1S/C16H28N2O/c1-4-6-15-8-9-16(19-15)13-18-11-5-7-14(10-12-18)17(2)3/h8-9,14H,4-7,10-13H2,1-3H3/t14-/m1/s1. The summed E-state index contributed by atoms with van der Waals surface area (Å²) in [7, 11) is 4.40. The van der Waals surface area contributed by atoms with Gasteiger partial charge in [-0.2, -0.15) is 0 Å². The Balaban J connectivity index is 1.85. The first-order chi connectivity index (χ1) is 9.19.